The van der Waals surface area contributed by atoms with E-state index in [2.05, 4.69) is 22.7 Å². The minimum absolute atomic E-state index is 0.0310. The van der Waals surface area contributed by atoms with Crippen LogP contribution in [0.3, 0.4) is 0 Å². The molecule has 0 aliphatic heterocycles. The molecule has 0 aliphatic rings. The van der Waals surface area contributed by atoms with Gasteiger partial charge in [-0.05, 0) is 52.0 Å². The van der Waals surface area contributed by atoms with Gasteiger partial charge >= 0.3 is 0 Å². The number of ketones is 1. The van der Waals surface area contributed by atoms with Crippen molar-refractivity contribution in [1.29, 1.82) is 0 Å². The number of rotatable bonds is 5. The van der Waals surface area contributed by atoms with Gasteiger partial charge in [0.1, 0.15) is 0 Å². The van der Waals surface area contributed by atoms with Gasteiger partial charge in [0.25, 0.3) is 0 Å². The van der Waals surface area contributed by atoms with E-state index in [0.717, 1.165) is 23.5 Å². The first-order valence-electron chi connectivity index (χ1n) is 7.63. The Bertz CT molecular complexity index is 723. The van der Waals surface area contributed by atoms with Gasteiger partial charge in [-0.15, -0.1) is 0 Å². The summed E-state index contributed by atoms with van der Waals surface area (Å²) >= 11 is 5.37. The summed E-state index contributed by atoms with van der Waals surface area (Å²) in [6, 6.07) is 7.34. The zero-order valence-corrected chi connectivity index (χ0v) is 14.7. The molecule has 2 N–H and O–H groups in total. The number of benzene rings is 1. The van der Waals surface area contributed by atoms with E-state index >= 15 is 0 Å². The predicted octanol–water partition coefficient (Wildman–Crippen LogP) is 3.46. The molecular formula is C17H22N4OS. The molecule has 0 fully saturated rings. The van der Waals surface area contributed by atoms with Crippen molar-refractivity contribution in [3.8, 4) is 0 Å². The van der Waals surface area contributed by atoms with E-state index in [0.29, 0.717) is 10.7 Å². The molecule has 2 aromatic rings. The first-order valence-corrected chi connectivity index (χ1v) is 8.04. The van der Waals surface area contributed by atoms with Crippen molar-refractivity contribution in [2.45, 2.75) is 40.3 Å². The second kappa shape index (κ2) is 7.37. The fraction of sp³-hybridized carbons (Fsp3) is 0.353. The lowest BCUT2D eigenvalue weighted by atomic mass is 10.1. The van der Waals surface area contributed by atoms with E-state index < -0.39 is 0 Å². The summed E-state index contributed by atoms with van der Waals surface area (Å²) in [5.74, 6) is 0.0310. The highest BCUT2D eigenvalue weighted by molar-refractivity contribution is 7.80. The second-order valence-corrected chi connectivity index (χ2v) is 5.89. The van der Waals surface area contributed by atoms with Gasteiger partial charge in [0.2, 0.25) is 0 Å². The van der Waals surface area contributed by atoms with Crippen molar-refractivity contribution < 1.29 is 4.79 Å². The van der Waals surface area contributed by atoms with E-state index in [1.165, 1.54) is 0 Å². The van der Waals surface area contributed by atoms with Gasteiger partial charge in [-0.3, -0.25) is 9.48 Å². The van der Waals surface area contributed by atoms with Gasteiger partial charge in [-0.1, -0.05) is 12.1 Å². The molecule has 1 unspecified atom stereocenters. The first kappa shape index (κ1) is 17.1. The van der Waals surface area contributed by atoms with Crippen LogP contribution in [0.25, 0.3) is 0 Å². The normalized spacial score (nSPS) is 11.8. The molecule has 5 nitrogen and oxygen atoms in total. The van der Waals surface area contributed by atoms with Crippen LogP contribution in [0.2, 0.25) is 0 Å². The van der Waals surface area contributed by atoms with E-state index in [9.17, 15) is 4.79 Å². The Balaban J connectivity index is 2.02. The number of nitrogens with one attached hydrogen (secondary N) is 2. The Hall–Kier alpha value is -2.21. The monoisotopic (exact) mass is 330 g/mol. The van der Waals surface area contributed by atoms with Crippen molar-refractivity contribution in [3.05, 3.63) is 47.3 Å². The van der Waals surface area contributed by atoms with Crippen LogP contribution in [-0.4, -0.2) is 20.7 Å². The third kappa shape index (κ3) is 4.39. The zero-order valence-electron chi connectivity index (χ0n) is 13.9. The number of hydrogen-bond acceptors (Lipinski definition) is 3. The molecule has 0 radical (unpaired) electrons. The molecule has 6 heteroatoms. The highest BCUT2D eigenvalue weighted by Crippen LogP contribution is 2.17. The van der Waals surface area contributed by atoms with Gasteiger partial charge in [0.15, 0.2) is 10.9 Å². The predicted molar refractivity (Wildman–Crippen MR) is 96.9 cm³/mol. The number of thiocarbonyl (C=S) groups is 1. The van der Waals surface area contributed by atoms with Crippen molar-refractivity contribution in [2.75, 3.05) is 5.32 Å². The summed E-state index contributed by atoms with van der Waals surface area (Å²) in [4.78, 5) is 11.4. The van der Waals surface area contributed by atoms with Gasteiger partial charge in [-0.2, -0.15) is 5.10 Å². The van der Waals surface area contributed by atoms with Gasteiger partial charge in [0.05, 0.1) is 11.7 Å². The number of carbonyl (C=O) groups is 1. The number of hydrogen-bond donors (Lipinski definition) is 2. The summed E-state index contributed by atoms with van der Waals surface area (Å²) < 4.78 is 1.91. The van der Waals surface area contributed by atoms with Crippen LogP contribution in [-0.2, 0) is 6.54 Å². The summed E-state index contributed by atoms with van der Waals surface area (Å²) in [6.45, 7) is 8.49. The fourth-order valence-corrected chi connectivity index (χ4v) is 2.67. The molecule has 1 aromatic carbocycles. The Morgan fingerprint density at radius 2 is 2.17 bits per heavy atom. The number of nitrogens with zero attached hydrogens (tertiary/aromatic N) is 2. The maximum Gasteiger partial charge on any atom is 0.171 e. The average Bonchev–Trinajstić information content (AvgIpc) is 2.88. The van der Waals surface area contributed by atoms with Crippen LogP contribution < -0.4 is 10.6 Å². The Labute approximate surface area is 142 Å². The first-order chi connectivity index (χ1) is 10.9. The molecule has 23 heavy (non-hydrogen) atoms. The SMILES string of the molecule is CCn1cc(C(C)NC(=S)Nc2cccc(C(C)=O)c2)c(C)n1. The Kier molecular flexibility index (Phi) is 5.50. The van der Waals surface area contributed by atoms with E-state index in [4.69, 9.17) is 12.2 Å². The second-order valence-electron chi connectivity index (χ2n) is 5.48. The van der Waals surface area contributed by atoms with E-state index in [1.807, 2.05) is 36.9 Å². The summed E-state index contributed by atoms with van der Waals surface area (Å²) in [7, 11) is 0. The molecule has 0 aliphatic carbocycles. The van der Waals surface area contributed by atoms with E-state index in [1.54, 1.807) is 19.1 Å². The third-order valence-electron chi connectivity index (χ3n) is 3.65. The molecule has 0 amide bonds. The largest absolute Gasteiger partial charge is 0.356 e. The van der Waals surface area contributed by atoms with Gasteiger partial charge in [-0.25, -0.2) is 0 Å². The lowest BCUT2D eigenvalue weighted by Crippen LogP contribution is -2.31. The standard InChI is InChI=1S/C17H22N4OS/c1-5-21-10-16(12(3)20-21)11(2)18-17(23)19-15-8-6-7-14(9-15)13(4)22/h6-11H,5H2,1-4H3,(H2,18,19,23). The molecule has 0 spiro atoms. The van der Waals surface area contributed by atoms with Crippen LogP contribution >= 0.6 is 12.2 Å². The van der Waals surface area contributed by atoms with Gasteiger partial charge < -0.3 is 10.6 Å². The van der Waals surface area contributed by atoms with Crippen LogP contribution in [0.5, 0.6) is 0 Å². The van der Waals surface area contributed by atoms with Crippen molar-refractivity contribution in [3.63, 3.8) is 0 Å². The number of Topliss-reactive ketones (excluding diaryl/α,β-unsaturated/α-hetero) is 1. The summed E-state index contributed by atoms with van der Waals surface area (Å²) in [5, 5.41) is 11.3. The topological polar surface area (TPSA) is 59.0 Å². The maximum atomic E-state index is 11.4. The average molecular weight is 330 g/mol. The number of anilines is 1. The Morgan fingerprint density at radius 3 is 2.78 bits per heavy atom. The van der Waals surface area contributed by atoms with E-state index in [-0.39, 0.29) is 11.8 Å². The van der Waals surface area contributed by atoms with Crippen molar-refractivity contribution in [2.24, 2.45) is 0 Å². The molecule has 2 rings (SSSR count). The Morgan fingerprint density at radius 1 is 1.43 bits per heavy atom. The minimum Gasteiger partial charge on any atom is -0.356 e. The minimum atomic E-state index is 0.0310. The fourth-order valence-electron chi connectivity index (χ4n) is 2.38. The van der Waals surface area contributed by atoms with Crippen LogP contribution in [0.15, 0.2) is 30.5 Å². The lowest BCUT2D eigenvalue weighted by molar-refractivity contribution is 0.101. The summed E-state index contributed by atoms with van der Waals surface area (Å²) in [6.07, 6.45) is 2.03. The molecule has 0 saturated heterocycles. The molecule has 1 aromatic heterocycles. The highest BCUT2D eigenvalue weighted by atomic mass is 32.1. The van der Waals surface area contributed by atoms with Crippen molar-refractivity contribution in [1.82, 2.24) is 15.1 Å². The quantitative estimate of drug-likeness (QED) is 0.649. The van der Waals surface area contributed by atoms with Crippen LogP contribution in [0.4, 0.5) is 5.69 Å². The summed E-state index contributed by atoms with van der Waals surface area (Å²) in [5.41, 5.74) is 3.57. The number of aryl methyl sites for hydroxylation is 2. The molecule has 0 bridgehead atoms. The number of aromatic nitrogens is 2. The molecule has 0 saturated carbocycles. The van der Waals surface area contributed by atoms with Crippen LogP contribution in [0, 0.1) is 6.92 Å². The zero-order chi connectivity index (χ0) is 17.0. The lowest BCUT2D eigenvalue weighted by Gasteiger charge is -2.17. The molecule has 122 valence electrons. The van der Waals surface area contributed by atoms with Crippen molar-refractivity contribution >= 4 is 28.8 Å². The maximum absolute atomic E-state index is 11.4. The molecular weight excluding hydrogens is 308 g/mol. The molecule has 1 atom stereocenters. The van der Waals surface area contributed by atoms with Gasteiger partial charge in [0, 0.05) is 29.6 Å². The number of carbonyl (C=O) groups excluding carboxylic acids is 1. The third-order valence-corrected chi connectivity index (χ3v) is 3.87. The van der Waals surface area contributed by atoms with Crippen LogP contribution in [0.1, 0.15) is 48.4 Å². The highest BCUT2D eigenvalue weighted by Gasteiger charge is 2.13. The molecule has 1 heterocycles. The smallest absolute Gasteiger partial charge is 0.171 e.